The van der Waals surface area contributed by atoms with E-state index in [2.05, 4.69) is 14.9 Å². The lowest BCUT2D eigenvalue weighted by molar-refractivity contribution is 0.407. The molecule has 0 bridgehead atoms. The van der Waals surface area contributed by atoms with Crippen LogP contribution in [0.5, 0.6) is 11.8 Å². The number of ether oxygens (including phenoxy) is 1. The highest BCUT2D eigenvalue weighted by atomic mass is 35.5. The van der Waals surface area contributed by atoms with Crippen LogP contribution in [0.4, 0.5) is 4.39 Å². The molecule has 3 aromatic rings. The molecule has 0 spiro atoms. The molecule has 1 N–H and O–H groups in total. The second kappa shape index (κ2) is 8.48. The Morgan fingerprint density at radius 3 is 2.52 bits per heavy atom. The molecule has 0 aliphatic carbocycles. The largest absolute Gasteiger partial charge is 0.424 e. The Kier molecular flexibility index (Phi) is 6.21. The first-order valence-corrected chi connectivity index (χ1v) is 10.7. The molecule has 7 nitrogen and oxygen atoms in total. The SMILES string of the molecule is CCn1c(Oc2ccc(F)cc2)nnc1[C@@H](C)NS(=O)(=O)c1c(C)cccc1Cl. The van der Waals surface area contributed by atoms with Crippen LogP contribution in [0.3, 0.4) is 0 Å². The number of nitrogens with zero attached hydrogens (tertiary/aromatic N) is 3. The minimum absolute atomic E-state index is 0.0267. The molecule has 0 aliphatic rings. The fourth-order valence-electron chi connectivity index (χ4n) is 2.90. The topological polar surface area (TPSA) is 86.1 Å². The maximum Gasteiger partial charge on any atom is 0.322 e. The summed E-state index contributed by atoms with van der Waals surface area (Å²) in [6.45, 7) is 5.62. The van der Waals surface area contributed by atoms with E-state index in [4.69, 9.17) is 16.3 Å². The first-order chi connectivity index (χ1) is 13.7. The maximum absolute atomic E-state index is 13.1. The molecular weight excluding hydrogens is 419 g/mol. The molecule has 0 saturated carbocycles. The third kappa shape index (κ3) is 4.58. The summed E-state index contributed by atoms with van der Waals surface area (Å²) in [6.07, 6.45) is 0. The predicted octanol–water partition coefficient (Wildman–Crippen LogP) is 4.23. The number of nitrogens with one attached hydrogen (secondary N) is 1. The molecule has 1 atom stereocenters. The zero-order chi connectivity index (χ0) is 21.2. The summed E-state index contributed by atoms with van der Waals surface area (Å²) >= 11 is 6.11. The van der Waals surface area contributed by atoms with E-state index >= 15 is 0 Å². The summed E-state index contributed by atoms with van der Waals surface area (Å²) in [5.41, 5.74) is 0.537. The Hall–Kier alpha value is -2.49. The number of rotatable bonds is 7. The van der Waals surface area contributed by atoms with Crippen LogP contribution in [0.15, 0.2) is 47.4 Å². The van der Waals surface area contributed by atoms with Gasteiger partial charge in [0.2, 0.25) is 10.0 Å². The van der Waals surface area contributed by atoms with Crippen molar-refractivity contribution in [1.82, 2.24) is 19.5 Å². The van der Waals surface area contributed by atoms with Gasteiger partial charge in [-0.1, -0.05) is 28.8 Å². The van der Waals surface area contributed by atoms with Crippen LogP contribution in [0.25, 0.3) is 0 Å². The number of halogens is 2. The lowest BCUT2D eigenvalue weighted by Gasteiger charge is -2.17. The second-order valence-corrected chi connectivity index (χ2v) is 8.43. The van der Waals surface area contributed by atoms with Crippen molar-refractivity contribution in [3.8, 4) is 11.8 Å². The van der Waals surface area contributed by atoms with Crippen LogP contribution in [0, 0.1) is 12.7 Å². The van der Waals surface area contributed by atoms with Crippen LogP contribution in [0.2, 0.25) is 5.02 Å². The van der Waals surface area contributed by atoms with Gasteiger partial charge in [-0.2, -0.15) is 0 Å². The molecular formula is C19H20ClFN4O3S. The van der Waals surface area contributed by atoms with Gasteiger partial charge in [-0.3, -0.25) is 4.57 Å². The van der Waals surface area contributed by atoms with Crippen LogP contribution in [0.1, 0.15) is 31.3 Å². The van der Waals surface area contributed by atoms with Gasteiger partial charge in [-0.25, -0.2) is 17.5 Å². The highest BCUT2D eigenvalue weighted by Gasteiger charge is 2.26. The van der Waals surface area contributed by atoms with Crippen LogP contribution in [-0.2, 0) is 16.6 Å². The summed E-state index contributed by atoms with van der Waals surface area (Å²) < 4.78 is 48.7. The Balaban J connectivity index is 1.87. The average Bonchev–Trinajstić information content (AvgIpc) is 3.05. The van der Waals surface area contributed by atoms with Crippen molar-refractivity contribution in [2.45, 2.75) is 38.3 Å². The normalized spacial score (nSPS) is 12.7. The van der Waals surface area contributed by atoms with E-state index in [1.54, 1.807) is 30.5 Å². The molecule has 0 saturated heterocycles. The molecule has 10 heteroatoms. The highest BCUT2D eigenvalue weighted by molar-refractivity contribution is 7.89. The molecule has 154 valence electrons. The Morgan fingerprint density at radius 1 is 1.21 bits per heavy atom. The Bertz CT molecular complexity index is 1100. The summed E-state index contributed by atoms with van der Waals surface area (Å²) in [7, 11) is -3.89. The van der Waals surface area contributed by atoms with Gasteiger partial charge in [-0.05, 0) is 56.7 Å². The first kappa shape index (κ1) is 21.2. The van der Waals surface area contributed by atoms with E-state index in [0.29, 0.717) is 23.7 Å². The van der Waals surface area contributed by atoms with E-state index in [9.17, 15) is 12.8 Å². The lowest BCUT2D eigenvalue weighted by atomic mass is 10.2. The minimum Gasteiger partial charge on any atom is -0.424 e. The van der Waals surface area contributed by atoms with Gasteiger partial charge in [0.1, 0.15) is 16.5 Å². The first-order valence-electron chi connectivity index (χ1n) is 8.87. The van der Waals surface area contributed by atoms with Crippen molar-refractivity contribution in [1.29, 1.82) is 0 Å². The third-order valence-corrected chi connectivity index (χ3v) is 6.41. The number of aromatic nitrogens is 3. The van der Waals surface area contributed by atoms with Gasteiger partial charge >= 0.3 is 6.01 Å². The molecule has 2 aromatic carbocycles. The molecule has 0 fully saturated rings. The smallest absolute Gasteiger partial charge is 0.322 e. The fraction of sp³-hybridized carbons (Fsp3) is 0.263. The van der Waals surface area contributed by atoms with Gasteiger partial charge in [0.25, 0.3) is 0 Å². The fourth-order valence-corrected chi connectivity index (χ4v) is 4.93. The quantitative estimate of drug-likeness (QED) is 0.596. The van der Waals surface area contributed by atoms with Gasteiger partial charge < -0.3 is 4.74 Å². The minimum atomic E-state index is -3.89. The lowest BCUT2D eigenvalue weighted by Crippen LogP contribution is -2.29. The summed E-state index contributed by atoms with van der Waals surface area (Å²) in [6, 6.07) is 9.84. The van der Waals surface area contributed by atoms with Crippen LogP contribution >= 0.6 is 11.6 Å². The highest BCUT2D eigenvalue weighted by Crippen LogP contribution is 2.27. The van der Waals surface area contributed by atoms with E-state index < -0.39 is 16.1 Å². The Morgan fingerprint density at radius 2 is 1.90 bits per heavy atom. The van der Waals surface area contributed by atoms with Crippen molar-refractivity contribution >= 4 is 21.6 Å². The van der Waals surface area contributed by atoms with E-state index in [-0.39, 0.29) is 21.7 Å². The molecule has 0 radical (unpaired) electrons. The van der Waals surface area contributed by atoms with E-state index in [1.807, 2.05) is 6.92 Å². The molecule has 0 aliphatic heterocycles. The van der Waals surface area contributed by atoms with Gasteiger partial charge in [0.05, 0.1) is 11.1 Å². The van der Waals surface area contributed by atoms with Crippen molar-refractivity contribution in [3.05, 3.63) is 64.7 Å². The maximum atomic E-state index is 13.1. The van der Waals surface area contributed by atoms with Crippen molar-refractivity contribution in [2.24, 2.45) is 0 Å². The number of hydrogen-bond acceptors (Lipinski definition) is 5. The summed E-state index contributed by atoms with van der Waals surface area (Å²) in [5, 5.41) is 8.22. The van der Waals surface area contributed by atoms with Gasteiger partial charge in [0.15, 0.2) is 5.82 Å². The summed E-state index contributed by atoms with van der Waals surface area (Å²) in [5.74, 6) is 0.380. The number of benzene rings is 2. The molecule has 1 heterocycles. The Labute approximate surface area is 173 Å². The number of aryl methyl sites for hydroxylation is 1. The molecule has 1 aromatic heterocycles. The predicted molar refractivity (Wildman–Crippen MR) is 107 cm³/mol. The second-order valence-electron chi connectivity index (χ2n) is 6.37. The number of sulfonamides is 1. The van der Waals surface area contributed by atoms with Gasteiger partial charge in [-0.15, -0.1) is 5.10 Å². The molecule has 0 amide bonds. The van der Waals surface area contributed by atoms with Crippen LogP contribution < -0.4 is 9.46 Å². The standard InChI is InChI=1S/C19H20ClFN4O3S/c1-4-25-18(22-23-19(25)28-15-10-8-14(21)9-11-15)13(3)24-29(26,27)17-12(2)6-5-7-16(17)20/h5-11,13,24H,4H2,1-3H3/t13-/m1/s1. The van der Waals surface area contributed by atoms with E-state index in [0.717, 1.165) is 0 Å². The molecule has 29 heavy (non-hydrogen) atoms. The molecule has 0 unspecified atom stereocenters. The van der Waals surface area contributed by atoms with Crippen molar-refractivity contribution in [3.63, 3.8) is 0 Å². The molecule has 3 rings (SSSR count). The zero-order valence-corrected chi connectivity index (χ0v) is 17.6. The van der Waals surface area contributed by atoms with Gasteiger partial charge in [0, 0.05) is 6.54 Å². The van der Waals surface area contributed by atoms with Crippen molar-refractivity contribution < 1.29 is 17.5 Å². The van der Waals surface area contributed by atoms with E-state index in [1.165, 1.54) is 30.3 Å². The number of hydrogen-bond donors (Lipinski definition) is 1. The third-order valence-electron chi connectivity index (χ3n) is 4.24. The average molecular weight is 439 g/mol. The van der Waals surface area contributed by atoms with Crippen LogP contribution in [-0.4, -0.2) is 23.2 Å². The monoisotopic (exact) mass is 438 g/mol. The van der Waals surface area contributed by atoms with Crippen molar-refractivity contribution in [2.75, 3.05) is 0 Å². The zero-order valence-electron chi connectivity index (χ0n) is 16.1. The summed E-state index contributed by atoms with van der Waals surface area (Å²) in [4.78, 5) is 0.0267.